The summed E-state index contributed by atoms with van der Waals surface area (Å²) >= 11 is 3.35. The summed E-state index contributed by atoms with van der Waals surface area (Å²) in [4.78, 5) is 0. The van der Waals surface area contributed by atoms with Gasteiger partial charge in [0.2, 0.25) is 0 Å². The molecule has 0 fully saturated rings. The van der Waals surface area contributed by atoms with E-state index in [1.807, 2.05) is 6.07 Å². The molecular formula is C14H21BrFN. The highest BCUT2D eigenvalue weighted by molar-refractivity contribution is 9.10. The Labute approximate surface area is 112 Å². The molecule has 1 aromatic rings. The fraction of sp³-hybridized carbons (Fsp3) is 0.571. The van der Waals surface area contributed by atoms with E-state index in [1.54, 1.807) is 6.07 Å². The Hall–Kier alpha value is -0.410. The Kier molecular flexibility index (Phi) is 6.14. The van der Waals surface area contributed by atoms with Gasteiger partial charge >= 0.3 is 0 Å². The lowest BCUT2D eigenvalue weighted by atomic mass is 9.97. The minimum absolute atomic E-state index is 0.179. The molecule has 0 radical (unpaired) electrons. The third kappa shape index (κ3) is 5.17. The standard InChI is InChI=1S/C14H21BrFN/c1-4-5-17-14(6-10(2)3)11-7-12(15)9-13(16)8-11/h7-10,14,17H,4-6H2,1-3H3. The molecular weight excluding hydrogens is 281 g/mol. The van der Waals surface area contributed by atoms with Crippen molar-refractivity contribution in [3.8, 4) is 0 Å². The topological polar surface area (TPSA) is 12.0 Å². The number of rotatable bonds is 6. The maximum absolute atomic E-state index is 13.4. The van der Waals surface area contributed by atoms with Gasteiger partial charge in [-0.3, -0.25) is 0 Å². The Morgan fingerprint density at radius 3 is 2.53 bits per heavy atom. The van der Waals surface area contributed by atoms with Crippen LogP contribution in [0.2, 0.25) is 0 Å². The number of halogens is 2. The minimum atomic E-state index is -0.179. The highest BCUT2D eigenvalue weighted by atomic mass is 79.9. The van der Waals surface area contributed by atoms with Gasteiger partial charge in [-0.2, -0.15) is 0 Å². The average Bonchev–Trinajstić information content (AvgIpc) is 2.22. The van der Waals surface area contributed by atoms with Gasteiger partial charge in [0.15, 0.2) is 0 Å². The third-order valence-corrected chi connectivity index (χ3v) is 3.09. The predicted octanol–water partition coefficient (Wildman–Crippen LogP) is 4.68. The van der Waals surface area contributed by atoms with E-state index < -0.39 is 0 Å². The lowest BCUT2D eigenvalue weighted by Crippen LogP contribution is -2.23. The fourth-order valence-corrected chi connectivity index (χ4v) is 2.39. The van der Waals surface area contributed by atoms with Crippen molar-refractivity contribution in [2.45, 2.75) is 39.7 Å². The summed E-state index contributed by atoms with van der Waals surface area (Å²) in [5, 5.41) is 3.48. The Morgan fingerprint density at radius 1 is 1.29 bits per heavy atom. The fourth-order valence-electron chi connectivity index (χ4n) is 1.90. The van der Waals surface area contributed by atoms with E-state index in [2.05, 4.69) is 42.0 Å². The summed E-state index contributed by atoms with van der Waals surface area (Å²) in [6, 6.07) is 5.36. The molecule has 1 rings (SSSR count). The second-order valence-electron chi connectivity index (χ2n) is 4.84. The van der Waals surface area contributed by atoms with Crippen molar-refractivity contribution in [3.05, 3.63) is 34.1 Å². The summed E-state index contributed by atoms with van der Waals surface area (Å²) < 4.78 is 14.2. The molecule has 1 atom stereocenters. The van der Waals surface area contributed by atoms with Gasteiger partial charge in [0.1, 0.15) is 5.82 Å². The number of benzene rings is 1. The van der Waals surface area contributed by atoms with Gasteiger partial charge in [-0.25, -0.2) is 4.39 Å². The van der Waals surface area contributed by atoms with E-state index in [-0.39, 0.29) is 11.9 Å². The van der Waals surface area contributed by atoms with Gasteiger partial charge < -0.3 is 5.32 Å². The first kappa shape index (κ1) is 14.7. The first-order valence-electron chi connectivity index (χ1n) is 6.22. The van der Waals surface area contributed by atoms with Crippen LogP contribution in [0.15, 0.2) is 22.7 Å². The van der Waals surface area contributed by atoms with E-state index in [4.69, 9.17) is 0 Å². The van der Waals surface area contributed by atoms with Gasteiger partial charge in [0, 0.05) is 10.5 Å². The molecule has 0 heterocycles. The van der Waals surface area contributed by atoms with Gasteiger partial charge in [0.25, 0.3) is 0 Å². The Balaban J connectivity index is 2.86. The molecule has 1 nitrogen and oxygen atoms in total. The second kappa shape index (κ2) is 7.12. The molecule has 1 N–H and O–H groups in total. The van der Waals surface area contributed by atoms with E-state index in [0.717, 1.165) is 29.4 Å². The molecule has 1 unspecified atom stereocenters. The van der Waals surface area contributed by atoms with Crippen molar-refractivity contribution in [2.75, 3.05) is 6.54 Å². The summed E-state index contributed by atoms with van der Waals surface area (Å²) in [5.74, 6) is 0.410. The molecule has 0 spiro atoms. The molecule has 0 aliphatic carbocycles. The van der Waals surface area contributed by atoms with Crippen LogP contribution in [0.5, 0.6) is 0 Å². The van der Waals surface area contributed by atoms with Crippen molar-refractivity contribution in [1.82, 2.24) is 5.32 Å². The van der Waals surface area contributed by atoms with Crippen LogP contribution in [0.4, 0.5) is 4.39 Å². The Morgan fingerprint density at radius 2 is 2.00 bits per heavy atom. The molecule has 0 saturated heterocycles. The molecule has 0 bridgehead atoms. The van der Waals surface area contributed by atoms with Crippen LogP contribution in [-0.2, 0) is 0 Å². The first-order valence-corrected chi connectivity index (χ1v) is 7.01. The minimum Gasteiger partial charge on any atom is -0.310 e. The van der Waals surface area contributed by atoms with Crippen LogP contribution in [0, 0.1) is 11.7 Å². The molecule has 96 valence electrons. The second-order valence-corrected chi connectivity index (χ2v) is 5.75. The van der Waals surface area contributed by atoms with E-state index in [9.17, 15) is 4.39 Å². The van der Waals surface area contributed by atoms with Crippen LogP contribution in [0.1, 0.15) is 45.2 Å². The smallest absolute Gasteiger partial charge is 0.124 e. The molecule has 0 aliphatic rings. The number of hydrogen-bond acceptors (Lipinski definition) is 1. The molecule has 17 heavy (non-hydrogen) atoms. The lowest BCUT2D eigenvalue weighted by Gasteiger charge is -2.21. The van der Waals surface area contributed by atoms with Crippen molar-refractivity contribution < 1.29 is 4.39 Å². The summed E-state index contributed by atoms with van der Waals surface area (Å²) in [6.07, 6.45) is 2.11. The summed E-state index contributed by atoms with van der Waals surface area (Å²) in [5.41, 5.74) is 1.03. The maximum Gasteiger partial charge on any atom is 0.124 e. The number of nitrogens with one attached hydrogen (secondary N) is 1. The van der Waals surface area contributed by atoms with E-state index in [1.165, 1.54) is 6.07 Å². The monoisotopic (exact) mass is 301 g/mol. The Bertz CT molecular complexity index is 332. The van der Waals surface area contributed by atoms with Crippen molar-refractivity contribution in [1.29, 1.82) is 0 Å². The van der Waals surface area contributed by atoms with Gasteiger partial charge in [0.05, 0.1) is 0 Å². The van der Waals surface area contributed by atoms with Crippen molar-refractivity contribution >= 4 is 15.9 Å². The summed E-state index contributed by atoms with van der Waals surface area (Å²) in [6.45, 7) is 7.48. The van der Waals surface area contributed by atoms with Crippen LogP contribution in [0.3, 0.4) is 0 Å². The predicted molar refractivity (Wildman–Crippen MR) is 74.6 cm³/mol. The normalized spacial score (nSPS) is 13.1. The molecule has 0 aromatic heterocycles. The lowest BCUT2D eigenvalue weighted by molar-refractivity contribution is 0.428. The quantitative estimate of drug-likeness (QED) is 0.805. The van der Waals surface area contributed by atoms with Gasteiger partial charge in [-0.05, 0) is 49.1 Å². The zero-order valence-electron chi connectivity index (χ0n) is 10.8. The van der Waals surface area contributed by atoms with Crippen LogP contribution in [-0.4, -0.2) is 6.54 Å². The average molecular weight is 302 g/mol. The van der Waals surface area contributed by atoms with Crippen LogP contribution < -0.4 is 5.32 Å². The molecule has 0 amide bonds. The van der Waals surface area contributed by atoms with Crippen molar-refractivity contribution in [3.63, 3.8) is 0 Å². The molecule has 1 aromatic carbocycles. The molecule has 0 saturated carbocycles. The third-order valence-electron chi connectivity index (χ3n) is 2.64. The van der Waals surface area contributed by atoms with Crippen molar-refractivity contribution in [2.24, 2.45) is 5.92 Å². The highest BCUT2D eigenvalue weighted by Gasteiger charge is 2.13. The van der Waals surface area contributed by atoms with Gasteiger partial charge in [-0.1, -0.05) is 36.7 Å². The summed E-state index contributed by atoms with van der Waals surface area (Å²) in [7, 11) is 0. The SMILES string of the molecule is CCCNC(CC(C)C)c1cc(F)cc(Br)c1. The number of hydrogen-bond donors (Lipinski definition) is 1. The van der Waals surface area contributed by atoms with Crippen LogP contribution >= 0.6 is 15.9 Å². The van der Waals surface area contributed by atoms with E-state index in [0.29, 0.717) is 5.92 Å². The zero-order valence-corrected chi connectivity index (χ0v) is 12.3. The largest absolute Gasteiger partial charge is 0.310 e. The molecule has 3 heteroatoms. The first-order chi connectivity index (χ1) is 8.02. The molecule has 0 aliphatic heterocycles. The van der Waals surface area contributed by atoms with E-state index >= 15 is 0 Å². The highest BCUT2D eigenvalue weighted by Crippen LogP contribution is 2.25. The van der Waals surface area contributed by atoms with Crippen LogP contribution in [0.25, 0.3) is 0 Å². The maximum atomic E-state index is 13.4. The zero-order chi connectivity index (χ0) is 12.8. The van der Waals surface area contributed by atoms with Gasteiger partial charge in [-0.15, -0.1) is 0 Å².